The van der Waals surface area contributed by atoms with Gasteiger partial charge in [-0.2, -0.15) is 0 Å². The van der Waals surface area contributed by atoms with Gasteiger partial charge in [-0.05, 0) is 37.8 Å². The molecule has 3 heteroatoms. The molecule has 0 aliphatic rings. The van der Waals surface area contributed by atoms with E-state index in [-0.39, 0.29) is 5.97 Å². The summed E-state index contributed by atoms with van der Waals surface area (Å²) < 4.78 is 10.8. The number of esters is 1. The fourth-order valence-corrected chi connectivity index (χ4v) is 2.72. The van der Waals surface area contributed by atoms with Crippen molar-refractivity contribution in [1.29, 1.82) is 0 Å². The van der Waals surface area contributed by atoms with Gasteiger partial charge in [0.15, 0.2) is 0 Å². The molecule has 3 nitrogen and oxygen atoms in total. The second-order valence-electron chi connectivity index (χ2n) is 5.45. The van der Waals surface area contributed by atoms with Crippen LogP contribution in [0.5, 0.6) is 5.75 Å². The molecule has 0 aromatic heterocycles. The Morgan fingerprint density at radius 2 is 1.90 bits per heavy atom. The lowest BCUT2D eigenvalue weighted by molar-refractivity contribution is -0.156. The number of hydrogen-bond donors (Lipinski definition) is 0. The number of methoxy groups -OCH3 is 1. The minimum absolute atomic E-state index is 0.0770. The van der Waals surface area contributed by atoms with Crippen LogP contribution >= 0.6 is 0 Å². The predicted molar refractivity (Wildman–Crippen MR) is 85.6 cm³/mol. The van der Waals surface area contributed by atoms with Crippen molar-refractivity contribution in [2.24, 2.45) is 5.41 Å². The van der Waals surface area contributed by atoms with Crippen LogP contribution in [0.4, 0.5) is 0 Å². The molecule has 0 amide bonds. The minimum atomic E-state index is -0.444. The van der Waals surface area contributed by atoms with E-state index in [1.807, 2.05) is 31.2 Å². The maximum atomic E-state index is 12.5. The van der Waals surface area contributed by atoms with E-state index < -0.39 is 5.41 Å². The van der Waals surface area contributed by atoms with Crippen LogP contribution in [0.1, 0.15) is 52.0 Å². The molecule has 118 valence electrons. The van der Waals surface area contributed by atoms with Crippen molar-refractivity contribution < 1.29 is 14.3 Å². The van der Waals surface area contributed by atoms with Crippen molar-refractivity contribution in [3.05, 3.63) is 29.8 Å². The minimum Gasteiger partial charge on any atom is -0.496 e. The number of benzene rings is 1. The smallest absolute Gasteiger partial charge is 0.312 e. The first kappa shape index (κ1) is 17.5. The number of para-hydroxylation sites is 1. The van der Waals surface area contributed by atoms with Crippen molar-refractivity contribution in [3.8, 4) is 5.75 Å². The SMILES string of the molecule is CCCCC(CC)(Cc1ccccc1OC)C(=O)OCC. The van der Waals surface area contributed by atoms with E-state index in [9.17, 15) is 4.79 Å². The van der Waals surface area contributed by atoms with Gasteiger partial charge in [-0.25, -0.2) is 0 Å². The van der Waals surface area contributed by atoms with Crippen molar-refractivity contribution in [2.45, 2.75) is 52.9 Å². The first-order valence-corrected chi connectivity index (χ1v) is 7.92. The van der Waals surface area contributed by atoms with E-state index in [0.29, 0.717) is 13.0 Å². The predicted octanol–water partition coefficient (Wildman–Crippen LogP) is 4.39. The number of unbranched alkanes of at least 4 members (excludes halogenated alkanes) is 1. The Hall–Kier alpha value is -1.51. The molecule has 0 aliphatic heterocycles. The lowest BCUT2D eigenvalue weighted by Crippen LogP contribution is -2.35. The van der Waals surface area contributed by atoms with Crippen molar-refractivity contribution in [2.75, 3.05) is 13.7 Å². The molecule has 0 heterocycles. The molecule has 0 radical (unpaired) electrons. The third-order valence-corrected chi connectivity index (χ3v) is 4.12. The lowest BCUT2D eigenvalue weighted by Gasteiger charge is -2.31. The van der Waals surface area contributed by atoms with Gasteiger partial charge < -0.3 is 9.47 Å². The highest BCUT2D eigenvalue weighted by atomic mass is 16.5. The zero-order valence-electron chi connectivity index (χ0n) is 13.8. The van der Waals surface area contributed by atoms with Gasteiger partial charge in [0.05, 0.1) is 19.1 Å². The Labute approximate surface area is 128 Å². The molecular weight excluding hydrogens is 264 g/mol. The van der Waals surface area contributed by atoms with Crippen LogP contribution in [0, 0.1) is 5.41 Å². The second-order valence-corrected chi connectivity index (χ2v) is 5.45. The summed E-state index contributed by atoms with van der Waals surface area (Å²) >= 11 is 0. The van der Waals surface area contributed by atoms with Crippen molar-refractivity contribution >= 4 is 5.97 Å². The summed E-state index contributed by atoms with van der Waals surface area (Å²) in [6.45, 7) is 6.51. The van der Waals surface area contributed by atoms with Gasteiger partial charge in [0.25, 0.3) is 0 Å². The third kappa shape index (κ3) is 4.48. The van der Waals surface area contributed by atoms with Gasteiger partial charge >= 0.3 is 5.97 Å². The van der Waals surface area contributed by atoms with E-state index in [0.717, 1.165) is 37.0 Å². The Morgan fingerprint density at radius 1 is 1.19 bits per heavy atom. The molecule has 0 spiro atoms. The summed E-state index contributed by atoms with van der Waals surface area (Å²) in [7, 11) is 1.67. The van der Waals surface area contributed by atoms with Gasteiger partial charge in [0.1, 0.15) is 5.75 Å². The average molecular weight is 292 g/mol. The van der Waals surface area contributed by atoms with Gasteiger partial charge in [-0.1, -0.05) is 44.9 Å². The molecule has 0 aliphatic carbocycles. The van der Waals surface area contributed by atoms with E-state index in [1.165, 1.54) is 0 Å². The lowest BCUT2D eigenvalue weighted by atomic mass is 9.75. The standard InChI is InChI=1S/C18H28O3/c1-5-8-13-18(6-2,17(19)21-7-3)14-15-11-9-10-12-16(15)20-4/h9-12H,5-8,13-14H2,1-4H3. The monoisotopic (exact) mass is 292 g/mol. The van der Waals surface area contributed by atoms with Gasteiger partial charge in [0.2, 0.25) is 0 Å². The Kier molecular flexibility index (Phi) is 7.27. The first-order valence-electron chi connectivity index (χ1n) is 7.92. The topological polar surface area (TPSA) is 35.5 Å². The Bertz CT molecular complexity index is 442. The molecule has 1 rings (SSSR count). The van der Waals surface area contributed by atoms with Crippen molar-refractivity contribution in [3.63, 3.8) is 0 Å². The molecule has 1 aromatic rings. The summed E-state index contributed by atoms with van der Waals surface area (Å²) in [4.78, 5) is 12.5. The molecule has 0 N–H and O–H groups in total. The van der Waals surface area contributed by atoms with Crippen LogP contribution < -0.4 is 4.74 Å². The molecule has 1 aromatic carbocycles. The first-order chi connectivity index (χ1) is 10.1. The van der Waals surface area contributed by atoms with Gasteiger partial charge in [-0.15, -0.1) is 0 Å². The highest BCUT2D eigenvalue weighted by Crippen LogP contribution is 2.37. The average Bonchev–Trinajstić information content (AvgIpc) is 2.52. The zero-order chi connectivity index (χ0) is 15.7. The van der Waals surface area contributed by atoms with Crippen LogP contribution in [-0.4, -0.2) is 19.7 Å². The summed E-state index contributed by atoms with van der Waals surface area (Å²) in [5.41, 5.74) is 0.631. The van der Waals surface area contributed by atoms with E-state index in [1.54, 1.807) is 7.11 Å². The molecule has 1 unspecified atom stereocenters. The van der Waals surface area contributed by atoms with Crippen LogP contribution in [0.3, 0.4) is 0 Å². The Balaban J connectivity index is 3.07. The fourth-order valence-electron chi connectivity index (χ4n) is 2.72. The van der Waals surface area contributed by atoms with Crippen LogP contribution in [-0.2, 0) is 16.0 Å². The number of carbonyl (C=O) groups is 1. The third-order valence-electron chi connectivity index (χ3n) is 4.12. The summed E-state index contributed by atoms with van der Waals surface area (Å²) in [6, 6.07) is 7.92. The maximum absolute atomic E-state index is 12.5. The highest BCUT2D eigenvalue weighted by Gasteiger charge is 2.38. The fraction of sp³-hybridized carbons (Fsp3) is 0.611. The number of carbonyl (C=O) groups excluding carboxylic acids is 1. The van der Waals surface area contributed by atoms with Crippen molar-refractivity contribution in [1.82, 2.24) is 0 Å². The van der Waals surface area contributed by atoms with E-state index in [2.05, 4.69) is 13.8 Å². The summed E-state index contributed by atoms with van der Waals surface area (Å²) in [5.74, 6) is 0.767. The quantitative estimate of drug-likeness (QED) is 0.633. The molecule has 0 saturated heterocycles. The molecule has 1 atom stereocenters. The molecular formula is C18H28O3. The molecule has 0 bridgehead atoms. The number of rotatable bonds is 9. The zero-order valence-corrected chi connectivity index (χ0v) is 13.8. The maximum Gasteiger partial charge on any atom is 0.312 e. The van der Waals surface area contributed by atoms with Crippen LogP contribution in [0.15, 0.2) is 24.3 Å². The second kappa shape index (κ2) is 8.71. The molecule has 0 fully saturated rings. The Morgan fingerprint density at radius 3 is 2.48 bits per heavy atom. The number of ether oxygens (including phenoxy) is 2. The normalized spacial score (nSPS) is 13.5. The summed E-state index contributed by atoms with van der Waals surface area (Å²) in [6.07, 6.45) is 4.42. The van der Waals surface area contributed by atoms with E-state index in [4.69, 9.17) is 9.47 Å². The largest absolute Gasteiger partial charge is 0.496 e. The summed E-state index contributed by atoms with van der Waals surface area (Å²) in [5, 5.41) is 0. The van der Waals surface area contributed by atoms with Crippen LogP contribution in [0.2, 0.25) is 0 Å². The number of hydrogen-bond acceptors (Lipinski definition) is 3. The van der Waals surface area contributed by atoms with Gasteiger partial charge in [-0.3, -0.25) is 4.79 Å². The molecule has 0 saturated carbocycles. The van der Waals surface area contributed by atoms with Gasteiger partial charge in [0, 0.05) is 0 Å². The highest BCUT2D eigenvalue weighted by molar-refractivity contribution is 5.77. The molecule has 21 heavy (non-hydrogen) atoms. The van der Waals surface area contributed by atoms with Crippen LogP contribution in [0.25, 0.3) is 0 Å². The van der Waals surface area contributed by atoms with E-state index >= 15 is 0 Å².